The summed E-state index contributed by atoms with van der Waals surface area (Å²) < 4.78 is 18.5. The molecule has 138 valence electrons. The first kappa shape index (κ1) is 18.5. The molecule has 0 spiro atoms. The van der Waals surface area contributed by atoms with Crippen molar-refractivity contribution in [3.05, 3.63) is 89.7 Å². The molecule has 0 saturated carbocycles. The van der Waals surface area contributed by atoms with Gasteiger partial charge in [0, 0.05) is 23.5 Å². The molecule has 0 aliphatic heterocycles. The summed E-state index contributed by atoms with van der Waals surface area (Å²) in [6, 6.07) is 21.4. The maximum absolute atomic E-state index is 13.2. The van der Waals surface area contributed by atoms with Gasteiger partial charge in [-0.1, -0.05) is 36.4 Å². The van der Waals surface area contributed by atoms with Gasteiger partial charge in [-0.05, 0) is 42.0 Å². The van der Waals surface area contributed by atoms with Crippen molar-refractivity contribution in [2.45, 2.75) is 13.0 Å². The van der Waals surface area contributed by atoms with Gasteiger partial charge in [-0.2, -0.15) is 0 Å². The second-order valence-electron chi connectivity index (χ2n) is 6.10. The number of hydrogen-bond donors (Lipinski definition) is 2. The minimum Gasteiger partial charge on any atom is -0.496 e. The van der Waals surface area contributed by atoms with Crippen LogP contribution in [0.3, 0.4) is 0 Å². The van der Waals surface area contributed by atoms with Crippen LogP contribution in [0.1, 0.15) is 11.1 Å². The van der Waals surface area contributed by atoms with Gasteiger partial charge in [0.1, 0.15) is 11.6 Å². The molecule has 3 aromatic rings. The van der Waals surface area contributed by atoms with Crippen LogP contribution in [0.2, 0.25) is 0 Å². The quantitative estimate of drug-likeness (QED) is 0.643. The summed E-state index contributed by atoms with van der Waals surface area (Å²) in [6.45, 7) is 0.642. The number of hydrogen-bond acceptors (Lipinski definition) is 3. The summed E-state index contributed by atoms with van der Waals surface area (Å²) in [6.07, 6.45) is 0.225. The zero-order valence-electron chi connectivity index (χ0n) is 15.0. The Morgan fingerprint density at radius 1 is 0.963 bits per heavy atom. The van der Waals surface area contributed by atoms with Crippen molar-refractivity contribution < 1.29 is 13.9 Å². The van der Waals surface area contributed by atoms with Crippen LogP contribution in [0.4, 0.5) is 15.8 Å². The van der Waals surface area contributed by atoms with E-state index in [0.29, 0.717) is 12.2 Å². The van der Waals surface area contributed by atoms with Gasteiger partial charge in [0.05, 0.1) is 13.5 Å². The molecular weight excluding hydrogens is 343 g/mol. The third-order valence-corrected chi connectivity index (χ3v) is 4.10. The summed E-state index contributed by atoms with van der Waals surface area (Å²) in [5.41, 5.74) is 3.36. The molecule has 0 aliphatic rings. The molecule has 4 nitrogen and oxygen atoms in total. The van der Waals surface area contributed by atoms with E-state index in [0.717, 1.165) is 22.6 Å². The lowest BCUT2D eigenvalue weighted by Crippen LogP contribution is -2.14. The topological polar surface area (TPSA) is 50.4 Å². The summed E-state index contributed by atoms with van der Waals surface area (Å²) in [7, 11) is 1.66. The number of ether oxygens (including phenoxy) is 1. The van der Waals surface area contributed by atoms with E-state index in [-0.39, 0.29) is 18.1 Å². The number of para-hydroxylation sites is 1. The molecule has 5 heteroatoms. The van der Waals surface area contributed by atoms with Crippen molar-refractivity contribution in [1.29, 1.82) is 0 Å². The Labute approximate surface area is 158 Å². The molecule has 3 rings (SSSR count). The summed E-state index contributed by atoms with van der Waals surface area (Å²) in [5, 5.41) is 6.04. The number of benzene rings is 3. The number of carbonyl (C=O) groups is 1. The SMILES string of the molecule is COc1ccccc1CNc1ccc(CC(=O)Nc2cccc(F)c2)cc1. The van der Waals surface area contributed by atoms with E-state index in [1.807, 2.05) is 48.5 Å². The number of nitrogens with one attached hydrogen (secondary N) is 2. The molecular formula is C22H21FN2O2. The van der Waals surface area contributed by atoms with Crippen LogP contribution in [0.25, 0.3) is 0 Å². The van der Waals surface area contributed by atoms with Gasteiger partial charge in [0.25, 0.3) is 0 Å². The molecule has 0 radical (unpaired) electrons. The van der Waals surface area contributed by atoms with E-state index in [9.17, 15) is 9.18 Å². The van der Waals surface area contributed by atoms with Crippen LogP contribution in [0, 0.1) is 5.82 Å². The third kappa shape index (κ3) is 5.31. The molecule has 0 aromatic heterocycles. The molecule has 3 aromatic carbocycles. The van der Waals surface area contributed by atoms with Gasteiger partial charge in [-0.15, -0.1) is 0 Å². The molecule has 1 amide bonds. The van der Waals surface area contributed by atoms with Crippen LogP contribution < -0.4 is 15.4 Å². The number of rotatable bonds is 7. The number of halogens is 1. The first-order valence-corrected chi connectivity index (χ1v) is 8.64. The lowest BCUT2D eigenvalue weighted by molar-refractivity contribution is -0.115. The van der Waals surface area contributed by atoms with E-state index < -0.39 is 0 Å². The number of amides is 1. The molecule has 0 fully saturated rings. The molecule has 0 bridgehead atoms. The van der Waals surface area contributed by atoms with Crippen LogP contribution in [-0.2, 0) is 17.8 Å². The van der Waals surface area contributed by atoms with Gasteiger partial charge in [-0.3, -0.25) is 4.79 Å². The molecule has 0 atom stereocenters. The number of carbonyl (C=O) groups excluding carboxylic acids is 1. The monoisotopic (exact) mass is 364 g/mol. The molecule has 0 heterocycles. The minimum atomic E-state index is -0.377. The minimum absolute atomic E-state index is 0.185. The van der Waals surface area contributed by atoms with Crippen molar-refractivity contribution in [3.8, 4) is 5.75 Å². The first-order valence-electron chi connectivity index (χ1n) is 8.64. The van der Waals surface area contributed by atoms with Gasteiger partial charge in [-0.25, -0.2) is 4.39 Å². The second kappa shape index (κ2) is 8.85. The molecule has 0 aliphatic carbocycles. The van der Waals surface area contributed by atoms with Crippen LogP contribution in [0.15, 0.2) is 72.8 Å². The highest BCUT2D eigenvalue weighted by molar-refractivity contribution is 5.92. The van der Waals surface area contributed by atoms with Gasteiger partial charge in [0.2, 0.25) is 5.91 Å². The Bertz CT molecular complexity index is 910. The van der Waals surface area contributed by atoms with E-state index >= 15 is 0 Å². The van der Waals surface area contributed by atoms with Crippen LogP contribution in [-0.4, -0.2) is 13.0 Å². The maximum Gasteiger partial charge on any atom is 0.228 e. The van der Waals surface area contributed by atoms with Gasteiger partial charge < -0.3 is 15.4 Å². The highest BCUT2D eigenvalue weighted by atomic mass is 19.1. The fraction of sp³-hybridized carbons (Fsp3) is 0.136. The van der Waals surface area contributed by atoms with Crippen molar-refractivity contribution in [3.63, 3.8) is 0 Å². The van der Waals surface area contributed by atoms with Crippen LogP contribution >= 0.6 is 0 Å². The standard InChI is InChI=1S/C22H21FN2O2/c1-27-21-8-3-2-5-17(21)15-24-19-11-9-16(10-12-19)13-22(26)25-20-7-4-6-18(23)14-20/h2-12,14,24H,13,15H2,1H3,(H,25,26). The van der Waals surface area contributed by atoms with Gasteiger partial charge in [0.15, 0.2) is 0 Å². The molecule has 0 saturated heterocycles. The normalized spacial score (nSPS) is 10.3. The zero-order chi connectivity index (χ0) is 19.1. The Kier molecular flexibility index (Phi) is 6.05. The number of anilines is 2. The van der Waals surface area contributed by atoms with Crippen molar-refractivity contribution in [2.24, 2.45) is 0 Å². The van der Waals surface area contributed by atoms with E-state index in [1.165, 1.54) is 12.1 Å². The van der Waals surface area contributed by atoms with Gasteiger partial charge >= 0.3 is 0 Å². The maximum atomic E-state index is 13.2. The Hall–Kier alpha value is -3.34. The van der Waals surface area contributed by atoms with Crippen LogP contribution in [0.5, 0.6) is 5.75 Å². The summed E-state index contributed by atoms with van der Waals surface area (Å²) in [5.74, 6) is 0.282. The largest absolute Gasteiger partial charge is 0.496 e. The summed E-state index contributed by atoms with van der Waals surface area (Å²) >= 11 is 0. The second-order valence-corrected chi connectivity index (χ2v) is 6.10. The molecule has 2 N–H and O–H groups in total. The predicted molar refractivity (Wildman–Crippen MR) is 105 cm³/mol. The van der Waals surface area contributed by atoms with E-state index in [4.69, 9.17) is 4.74 Å². The predicted octanol–water partition coefficient (Wildman–Crippen LogP) is 4.63. The Balaban J connectivity index is 1.54. The first-order chi connectivity index (χ1) is 13.1. The average Bonchev–Trinajstić information content (AvgIpc) is 2.67. The highest BCUT2D eigenvalue weighted by Gasteiger charge is 2.06. The van der Waals surface area contributed by atoms with E-state index in [1.54, 1.807) is 19.2 Å². The van der Waals surface area contributed by atoms with E-state index in [2.05, 4.69) is 10.6 Å². The lowest BCUT2D eigenvalue weighted by atomic mass is 10.1. The Morgan fingerprint density at radius 2 is 1.74 bits per heavy atom. The van der Waals surface area contributed by atoms with Crippen molar-refractivity contribution >= 4 is 17.3 Å². The van der Waals surface area contributed by atoms with Crippen molar-refractivity contribution in [1.82, 2.24) is 0 Å². The zero-order valence-corrected chi connectivity index (χ0v) is 15.0. The lowest BCUT2D eigenvalue weighted by Gasteiger charge is -2.11. The average molecular weight is 364 g/mol. The highest BCUT2D eigenvalue weighted by Crippen LogP contribution is 2.19. The third-order valence-electron chi connectivity index (χ3n) is 4.10. The molecule has 27 heavy (non-hydrogen) atoms. The fourth-order valence-electron chi connectivity index (χ4n) is 2.74. The molecule has 0 unspecified atom stereocenters. The summed E-state index contributed by atoms with van der Waals surface area (Å²) in [4.78, 5) is 12.1. The Morgan fingerprint density at radius 3 is 2.48 bits per heavy atom. The fourth-order valence-corrected chi connectivity index (χ4v) is 2.74. The number of methoxy groups -OCH3 is 1. The van der Waals surface area contributed by atoms with Crippen molar-refractivity contribution in [2.75, 3.05) is 17.7 Å². The smallest absolute Gasteiger partial charge is 0.228 e.